The third-order valence-corrected chi connectivity index (χ3v) is 4.81. The number of rotatable bonds is 6. The second-order valence-corrected chi connectivity index (χ2v) is 5.31. The van der Waals surface area contributed by atoms with Gasteiger partial charge in [0.25, 0.3) is 0 Å². The number of hydrogen-bond acceptors (Lipinski definition) is 0. The summed E-state index contributed by atoms with van der Waals surface area (Å²) in [5.74, 6) is 1.96. The molecule has 2 unspecified atom stereocenters. The Kier molecular flexibility index (Phi) is 13.0. The maximum absolute atomic E-state index is 2.38. The molecule has 0 bridgehead atoms. The normalized spacial score (nSPS) is 14.3. The molecule has 0 radical (unpaired) electrons. The molecule has 0 fully saturated rings. The van der Waals surface area contributed by atoms with Crippen LogP contribution >= 0.6 is 0 Å². The first kappa shape index (κ1) is 15.5. The van der Waals surface area contributed by atoms with E-state index in [-0.39, 0.29) is 17.0 Å². The summed E-state index contributed by atoms with van der Waals surface area (Å²) >= 11 is 0.750. The molecule has 12 heavy (non-hydrogen) atoms. The average Bonchev–Trinajstić information content (AvgIpc) is 2.04. The van der Waals surface area contributed by atoms with Crippen LogP contribution in [0.1, 0.15) is 40.5 Å². The van der Waals surface area contributed by atoms with Crippen molar-refractivity contribution in [2.45, 2.75) is 51.1 Å². The van der Waals surface area contributed by atoms with E-state index in [0.717, 1.165) is 27.1 Å². The van der Waals surface area contributed by atoms with Gasteiger partial charge in [-0.25, -0.2) is 0 Å². The summed E-state index contributed by atoms with van der Waals surface area (Å²) < 4.78 is 0. The fourth-order valence-corrected chi connectivity index (χ4v) is 3.00. The molecular weight excluding hydrogens is 227 g/mol. The van der Waals surface area contributed by atoms with E-state index in [0.29, 0.717) is 0 Å². The largest absolute Gasteiger partial charge is 1.00 e. The molecule has 0 aromatic rings. The van der Waals surface area contributed by atoms with Crippen molar-refractivity contribution in [1.82, 2.24) is 0 Å². The molecule has 0 aliphatic heterocycles. The van der Waals surface area contributed by atoms with Gasteiger partial charge < -0.3 is 17.0 Å². The topological polar surface area (TPSA) is 0 Å². The molecule has 0 saturated heterocycles. The summed E-state index contributed by atoms with van der Waals surface area (Å²) in [5.41, 5.74) is 0. The first-order valence-electron chi connectivity index (χ1n) is 5.02. The zero-order valence-corrected chi connectivity index (χ0v) is 11.7. The molecule has 0 rings (SSSR count). The van der Waals surface area contributed by atoms with Crippen LogP contribution in [0.2, 0.25) is 10.6 Å². The minimum absolute atomic E-state index is 0. The monoisotopic (exact) mass is 248 g/mol. The van der Waals surface area contributed by atoms with E-state index >= 15 is 0 Å². The molecule has 0 aromatic carbocycles. The van der Waals surface area contributed by atoms with Gasteiger partial charge in [-0.2, -0.15) is 0 Å². The van der Waals surface area contributed by atoms with E-state index in [1.165, 1.54) is 23.4 Å². The molecule has 72 valence electrons. The molecule has 2 atom stereocenters. The van der Waals surface area contributed by atoms with E-state index in [9.17, 15) is 0 Å². The quantitative estimate of drug-likeness (QED) is 0.605. The smallest absolute Gasteiger partial charge is 1.00 e. The maximum Gasteiger partial charge on any atom is -1.00 e. The molecule has 0 aliphatic carbocycles. The minimum Gasteiger partial charge on any atom is -1.00 e. The Labute approximate surface area is 95.0 Å². The van der Waals surface area contributed by atoms with Crippen molar-refractivity contribution in [3.63, 3.8) is 0 Å². The zero-order chi connectivity index (χ0) is 8.69. The van der Waals surface area contributed by atoms with Crippen molar-refractivity contribution in [3.8, 4) is 0 Å². The van der Waals surface area contributed by atoms with Crippen LogP contribution in [0, 0.1) is 11.8 Å². The van der Waals surface area contributed by atoms with Gasteiger partial charge >= 0.3 is 78.2 Å². The van der Waals surface area contributed by atoms with Gasteiger partial charge in [-0.05, 0) is 0 Å². The summed E-state index contributed by atoms with van der Waals surface area (Å²) in [4.78, 5) is 0. The Bertz CT molecular complexity index is 75.9. The van der Waals surface area contributed by atoms with Crippen LogP contribution < -0.4 is 17.0 Å². The third-order valence-electron chi connectivity index (χ3n) is 2.53. The predicted octanol–water partition coefficient (Wildman–Crippen LogP) is 0.623. The molecule has 0 nitrogen and oxygen atoms in total. The van der Waals surface area contributed by atoms with Gasteiger partial charge in [-0.3, -0.25) is 0 Å². The van der Waals surface area contributed by atoms with Crippen molar-refractivity contribution >= 4 is 15.2 Å². The SMILES string of the molecule is CCC(C)[CH2][Al+][CH2]C(C)CC.[Br-]. The summed E-state index contributed by atoms with van der Waals surface area (Å²) in [6.07, 6.45) is 2.74. The van der Waals surface area contributed by atoms with Gasteiger partial charge in [0, 0.05) is 0 Å². The second kappa shape index (κ2) is 10.1. The van der Waals surface area contributed by atoms with Crippen LogP contribution in [0.15, 0.2) is 0 Å². The molecule has 0 N–H and O–H groups in total. The van der Waals surface area contributed by atoms with Crippen molar-refractivity contribution in [2.75, 3.05) is 0 Å². The van der Waals surface area contributed by atoms with Gasteiger partial charge in [-0.15, -0.1) is 0 Å². The van der Waals surface area contributed by atoms with Crippen LogP contribution in [0.5, 0.6) is 0 Å². The van der Waals surface area contributed by atoms with E-state index in [4.69, 9.17) is 0 Å². The zero-order valence-electron chi connectivity index (χ0n) is 8.94. The third kappa shape index (κ3) is 9.10. The molecule has 0 amide bonds. The van der Waals surface area contributed by atoms with Gasteiger partial charge in [0.05, 0.1) is 0 Å². The molecular formula is C10H22AlBr. The summed E-state index contributed by atoms with van der Waals surface area (Å²) in [6, 6.07) is 0. The van der Waals surface area contributed by atoms with Gasteiger partial charge in [0.2, 0.25) is 0 Å². The Hall–Kier alpha value is 1.01. The molecule has 2 heteroatoms. The first-order valence-corrected chi connectivity index (χ1v) is 6.65. The average molecular weight is 249 g/mol. The first-order chi connectivity index (χ1) is 5.20. The van der Waals surface area contributed by atoms with E-state index < -0.39 is 0 Å². The summed E-state index contributed by atoms with van der Waals surface area (Å²) in [7, 11) is 0. The van der Waals surface area contributed by atoms with Gasteiger partial charge in [-0.1, -0.05) is 0 Å². The Morgan fingerprint density at radius 1 is 0.917 bits per heavy atom. The van der Waals surface area contributed by atoms with Crippen LogP contribution in [-0.4, -0.2) is 15.2 Å². The molecule has 0 aliphatic rings. The Balaban J connectivity index is 0. The van der Waals surface area contributed by atoms with E-state index in [1.807, 2.05) is 0 Å². The number of halogens is 1. The summed E-state index contributed by atoms with van der Waals surface area (Å²) in [5, 5.41) is 3.03. The number of hydrogen-bond donors (Lipinski definition) is 0. The second-order valence-electron chi connectivity index (χ2n) is 3.79. The van der Waals surface area contributed by atoms with Crippen LogP contribution in [-0.2, 0) is 0 Å². The van der Waals surface area contributed by atoms with Gasteiger partial charge in [0.15, 0.2) is 0 Å². The fourth-order valence-electron chi connectivity index (χ4n) is 0.999. The Morgan fingerprint density at radius 3 is 1.50 bits per heavy atom. The minimum atomic E-state index is 0. The van der Waals surface area contributed by atoms with E-state index in [2.05, 4.69) is 27.7 Å². The van der Waals surface area contributed by atoms with Crippen LogP contribution in [0.3, 0.4) is 0 Å². The molecule has 0 saturated carbocycles. The van der Waals surface area contributed by atoms with Crippen molar-refractivity contribution in [2.24, 2.45) is 11.8 Å². The summed E-state index contributed by atoms with van der Waals surface area (Å²) in [6.45, 7) is 9.36. The van der Waals surface area contributed by atoms with E-state index in [1.54, 1.807) is 0 Å². The molecule has 0 aromatic heterocycles. The van der Waals surface area contributed by atoms with Gasteiger partial charge in [0.1, 0.15) is 0 Å². The van der Waals surface area contributed by atoms with Crippen molar-refractivity contribution in [3.05, 3.63) is 0 Å². The molecule has 0 heterocycles. The fraction of sp³-hybridized carbons (Fsp3) is 1.00. The van der Waals surface area contributed by atoms with Crippen LogP contribution in [0.4, 0.5) is 0 Å². The van der Waals surface area contributed by atoms with Crippen molar-refractivity contribution < 1.29 is 17.0 Å². The van der Waals surface area contributed by atoms with Crippen LogP contribution in [0.25, 0.3) is 0 Å². The van der Waals surface area contributed by atoms with Crippen molar-refractivity contribution in [1.29, 1.82) is 0 Å². The predicted molar refractivity (Wildman–Crippen MR) is 54.3 cm³/mol. The Morgan fingerprint density at radius 2 is 1.25 bits per heavy atom. The standard InChI is InChI=1S/2C5H11.Al.BrH/c2*1-4-5(2)3;;/h2*5H,2,4H2,1,3H3;;1H/q;;+1;/p-1. The molecule has 0 spiro atoms. The maximum atomic E-state index is 2.38.